The predicted octanol–water partition coefficient (Wildman–Crippen LogP) is -0.503. The average molecular weight is 268 g/mol. The van der Waals surface area contributed by atoms with Crippen molar-refractivity contribution >= 4 is 5.91 Å². The number of morpholine rings is 1. The van der Waals surface area contributed by atoms with E-state index in [-0.39, 0.29) is 11.6 Å². The Morgan fingerprint density at radius 1 is 1.47 bits per heavy atom. The summed E-state index contributed by atoms with van der Waals surface area (Å²) in [6, 6.07) is 0. The van der Waals surface area contributed by atoms with Gasteiger partial charge in [0.1, 0.15) is 5.69 Å². The van der Waals surface area contributed by atoms with Gasteiger partial charge in [-0.05, 0) is 6.92 Å². The molecule has 1 saturated heterocycles. The number of aromatic nitrogens is 2. The maximum Gasteiger partial charge on any atom is 0.323 e. The molecule has 2 rings (SSSR count). The molecule has 0 spiro atoms. The fraction of sp³-hybridized carbons (Fsp3) is 0.667. The van der Waals surface area contributed by atoms with Gasteiger partial charge >= 0.3 is 5.69 Å². The number of nitrogens with zero attached hydrogens (tertiary/aromatic N) is 2. The second-order valence-corrected chi connectivity index (χ2v) is 4.50. The third kappa shape index (κ3) is 3.68. The number of amides is 1. The van der Waals surface area contributed by atoms with E-state index in [0.717, 1.165) is 32.8 Å². The predicted molar refractivity (Wildman–Crippen MR) is 70.2 cm³/mol. The largest absolute Gasteiger partial charge is 0.379 e. The minimum Gasteiger partial charge on any atom is -0.379 e. The average Bonchev–Trinajstić information content (AvgIpc) is 2.87. The number of hydrogen-bond donors (Lipinski definition) is 2. The summed E-state index contributed by atoms with van der Waals surface area (Å²) in [5.41, 5.74) is -0.0404. The Morgan fingerprint density at radius 2 is 2.21 bits per heavy atom. The van der Waals surface area contributed by atoms with Crippen molar-refractivity contribution in [1.29, 1.82) is 0 Å². The van der Waals surface area contributed by atoms with Crippen molar-refractivity contribution in [3.8, 4) is 0 Å². The molecule has 0 aromatic carbocycles. The van der Waals surface area contributed by atoms with E-state index < -0.39 is 0 Å². The van der Waals surface area contributed by atoms with E-state index in [2.05, 4.69) is 14.9 Å². The molecule has 1 fully saturated rings. The van der Waals surface area contributed by atoms with Crippen LogP contribution in [0.1, 0.15) is 17.4 Å². The first-order valence-electron chi connectivity index (χ1n) is 6.57. The Hall–Kier alpha value is -1.60. The zero-order chi connectivity index (χ0) is 13.7. The van der Waals surface area contributed by atoms with Crippen LogP contribution in [0.5, 0.6) is 0 Å². The highest BCUT2D eigenvalue weighted by molar-refractivity contribution is 5.92. The van der Waals surface area contributed by atoms with Gasteiger partial charge in [-0.3, -0.25) is 9.69 Å². The van der Waals surface area contributed by atoms with Crippen molar-refractivity contribution in [3.63, 3.8) is 0 Å². The van der Waals surface area contributed by atoms with Gasteiger partial charge in [-0.2, -0.15) is 0 Å². The van der Waals surface area contributed by atoms with Crippen LogP contribution in [0, 0.1) is 0 Å². The van der Waals surface area contributed by atoms with Crippen LogP contribution in [-0.4, -0.2) is 71.6 Å². The van der Waals surface area contributed by atoms with Gasteiger partial charge in [0.2, 0.25) is 0 Å². The first kappa shape index (κ1) is 13.8. The van der Waals surface area contributed by atoms with Gasteiger partial charge in [0, 0.05) is 38.9 Å². The Labute approximate surface area is 111 Å². The van der Waals surface area contributed by atoms with Crippen molar-refractivity contribution in [3.05, 3.63) is 22.4 Å². The zero-order valence-electron chi connectivity index (χ0n) is 11.1. The molecular weight excluding hydrogens is 248 g/mol. The number of likely N-dealkylation sites (N-methyl/N-ethyl adjacent to an activating group) is 1. The Kier molecular flexibility index (Phi) is 4.75. The highest BCUT2D eigenvalue weighted by Crippen LogP contribution is 2.01. The van der Waals surface area contributed by atoms with Crippen molar-refractivity contribution < 1.29 is 9.53 Å². The van der Waals surface area contributed by atoms with Crippen LogP contribution < -0.4 is 5.69 Å². The topological polar surface area (TPSA) is 81.4 Å². The molecule has 0 bridgehead atoms. The first-order chi connectivity index (χ1) is 9.20. The fourth-order valence-electron chi connectivity index (χ4n) is 2.11. The molecule has 0 radical (unpaired) electrons. The number of ether oxygens (including phenoxy) is 1. The third-order valence-corrected chi connectivity index (χ3v) is 3.28. The summed E-state index contributed by atoms with van der Waals surface area (Å²) < 4.78 is 5.29. The zero-order valence-corrected chi connectivity index (χ0v) is 11.1. The summed E-state index contributed by atoms with van der Waals surface area (Å²) in [5.74, 6) is -0.144. The summed E-state index contributed by atoms with van der Waals surface area (Å²) in [4.78, 5) is 32.1. The summed E-state index contributed by atoms with van der Waals surface area (Å²) in [6.07, 6.45) is 1.42. The number of carbonyl (C=O) groups is 1. The molecule has 2 heterocycles. The molecule has 2 N–H and O–H groups in total. The number of hydrogen-bond acceptors (Lipinski definition) is 4. The molecule has 7 heteroatoms. The number of imidazole rings is 1. The maximum atomic E-state index is 12.2. The van der Waals surface area contributed by atoms with Gasteiger partial charge in [0.05, 0.1) is 13.2 Å². The highest BCUT2D eigenvalue weighted by atomic mass is 16.5. The minimum atomic E-state index is -0.354. The van der Waals surface area contributed by atoms with E-state index in [1.54, 1.807) is 4.90 Å². The molecule has 0 saturated carbocycles. The number of carbonyl (C=O) groups excluding carboxylic acids is 1. The van der Waals surface area contributed by atoms with Gasteiger partial charge < -0.3 is 19.6 Å². The minimum absolute atomic E-state index is 0.144. The van der Waals surface area contributed by atoms with Crippen LogP contribution in [0.25, 0.3) is 0 Å². The van der Waals surface area contributed by atoms with E-state index in [0.29, 0.717) is 18.8 Å². The summed E-state index contributed by atoms with van der Waals surface area (Å²) in [6.45, 7) is 7.37. The smallest absolute Gasteiger partial charge is 0.323 e. The van der Waals surface area contributed by atoms with Crippen molar-refractivity contribution in [2.24, 2.45) is 0 Å². The molecule has 1 amide bonds. The normalized spacial score (nSPS) is 16.5. The van der Waals surface area contributed by atoms with Gasteiger partial charge in [-0.15, -0.1) is 0 Å². The SMILES string of the molecule is CCN(CCN1CCOCC1)C(=O)c1c[nH]c(=O)[nH]1. The van der Waals surface area contributed by atoms with Crippen LogP contribution >= 0.6 is 0 Å². The van der Waals surface area contributed by atoms with Gasteiger partial charge in [-0.25, -0.2) is 4.79 Å². The second-order valence-electron chi connectivity index (χ2n) is 4.50. The van der Waals surface area contributed by atoms with Crippen molar-refractivity contribution in [1.82, 2.24) is 19.8 Å². The molecule has 1 aliphatic rings. The van der Waals surface area contributed by atoms with Gasteiger partial charge in [0.25, 0.3) is 5.91 Å². The maximum absolute atomic E-state index is 12.2. The van der Waals surface area contributed by atoms with Crippen LogP contribution in [0.2, 0.25) is 0 Å². The number of rotatable bonds is 5. The van der Waals surface area contributed by atoms with Crippen molar-refractivity contribution in [2.75, 3.05) is 45.9 Å². The molecule has 106 valence electrons. The van der Waals surface area contributed by atoms with Crippen LogP contribution in [-0.2, 0) is 4.74 Å². The molecular formula is C12H20N4O3. The molecule has 0 atom stereocenters. The fourth-order valence-corrected chi connectivity index (χ4v) is 2.11. The molecule has 1 aliphatic heterocycles. The Bertz CT molecular complexity index is 462. The Balaban J connectivity index is 1.88. The summed E-state index contributed by atoms with van der Waals surface area (Å²) in [5, 5.41) is 0. The van der Waals surface area contributed by atoms with Crippen LogP contribution in [0.4, 0.5) is 0 Å². The van der Waals surface area contributed by atoms with Gasteiger partial charge in [0.15, 0.2) is 0 Å². The summed E-state index contributed by atoms with van der Waals surface area (Å²) in [7, 11) is 0. The van der Waals surface area contributed by atoms with E-state index in [4.69, 9.17) is 4.74 Å². The molecule has 0 aliphatic carbocycles. The van der Waals surface area contributed by atoms with E-state index in [1.807, 2.05) is 6.92 Å². The number of nitrogens with one attached hydrogen (secondary N) is 2. The Morgan fingerprint density at radius 3 is 2.79 bits per heavy atom. The quantitative estimate of drug-likeness (QED) is 0.754. The lowest BCUT2D eigenvalue weighted by Gasteiger charge is -2.29. The lowest BCUT2D eigenvalue weighted by Crippen LogP contribution is -2.43. The van der Waals surface area contributed by atoms with E-state index in [1.165, 1.54) is 6.20 Å². The van der Waals surface area contributed by atoms with E-state index >= 15 is 0 Å². The van der Waals surface area contributed by atoms with E-state index in [9.17, 15) is 9.59 Å². The van der Waals surface area contributed by atoms with Crippen molar-refractivity contribution in [2.45, 2.75) is 6.92 Å². The number of aromatic amines is 2. The molecule has 19 heavy (non-hydrogen) atoms. The molecule has 0 unspecified atom stereocenters. The van der Waals surface area contributed by atoms with Gasteiger partial charge in [-0.1, -0.05) is 0 Å². The standard InChI is InChI=1S/C12H20N4O3/c1-2-16(4-3-15-5-7-19-8-6-15)11(17)10-9-13-12(18)14-10/h9H,2-8H2,1H3,(H2,13,14,18). The number of H-pyrrole nitrogens is 2. The lowest BCUT2D eigenvalue weighted by molar-refractivity contribution is 0.0327. The third-order valence-electron chi connectivity index (χ3n) is 3.28. The highest BCUT2D eigenvalue weighted by Gasteiger charge is 2.17. The lowest BCUT2D eigenvalue weighted by atomic mass is 10.3. The second kappa shape index (κ2) is 6.53. The first-order valence-corrected chi connectivity index (χ1v) is 6.57. The van der Waals surface area contributed by atoms with Crippen LogP contribution in [0.3, 0.4) is 0 Å². The van der Waals surface area contributed by atoms with Crippen LogP contribution in [0.15, 0.2) is 11.0 Å². The molecule has 7 nitrogen and oxygen atoms in total. The monoisotopic (exact) mass is 268 g/mol. The molecule has 1 aromatic heterocycles. The molecule has 1 aromatic rings. The summed E-state index contributed by atoms with van der Waals surface area (Å²) >= 11 is 0.